The van der Waals surface area contributed by atoms with Gasteiger partial charge in [-0.1, -0.05) is 37.3 Å². The minimum atomic E-state index is -1.17. The largest absolute Gasteiger partial charge is 0.384 e. The minimum absolute atomic E-state index is 0.0677. The molecule has 1 fully saturated rings. The summed E-state index contributed by atoms with van der Waals surface area (Å²) in [6, 6.07) is 16.1. The number of rotatable bonds is 7. The number of aryl methyl sites for hydroxylation is 3. The molecule has 2 aromatic carbocycles. The Morgan fingerprint density at radius 1 is 1.12 bits per heavy atom. The number of aliphatic hydroxyl groups is 1. The Morgan fingerprint density at radius 2 is 1.93 bits per heavy atom. The van der Waals surface area contributed by atoms with E-state index in [-0.39, 0.29) is 5.91 Å². The molecule has 1 aliphatic heterocycles. The number of nitrogens with zero attached hydrogens (tertiary/aromatic N) is 6. The van der Waals surface area contributed by atoms with Crippen LogP contribution in [0.1, 0.15) is 60.1 Å². The van der Waals surface area contributed by atoms with Crippen LogP contribution in [-0.2, 0) is 19.2 Å². The van der Waals surface area contributed by atoms with Crippen molar-refractivity contribution in [1.82, 2.24) is 29.0 Å². The summed E-state index contributed by atoms with van der Waals surface area (Å²) in [4.78, 5) is 24.8. The highest BCUT2D eigenvalue weighted by atomic mass is 16.3. The lowest BCUT2D eigenvalue weighted by atomic mass is 9.98. The molecule has 1 aliphatic rings. The van der Waals surface area contributed by atoms with Crippen LogP contribution in [0, 0.1) is 19.8 Å². The maximum atomic E-state index is 13.5. The first-order chi connectivity index (χ1) is 20.5. The summed E-state index contributed by atoms with van der Waals surface area (Å²) in [5, 5.41) is 19.4. The van der Waals surface area contributed by atoms with Crippen LogP contribution in [-0.4, -0.2) is 53.2 Å². The maximum absolute atomic E-state index is 13.5. The number of hydrogen-bond donors (Lipinski definition) is 2. The number of amides is 1. The first-order valence-corrected chi connectivity index (χ1v) is 14.8. The molecule has 1 amide bonds. The predicted octanol–water partition coefficient (Wildman–Crippen LogP) is 5.74. The summed E-state index contributed by atoms with van der Waals surface area (Å²) in [6.07, 6.45) is 4.76. The lowest BCUT2D eigenvalue weighted by Gasteiger charge is -2.19. The van der Waals surface area contributed by atoms with Crippen LogP contribution in [0.15, 0.2) is 60.9 Å². The van der Waals surface area contributed by atoms with Crippen LogP contribution < -0.4 is 5.32 Å². The summed E-state index contributed by atoms with van der Waals surface area (Å²) >= 11 is 0. The molecule has 4 heterocycles. The van der Waals surface area contributed by atoms with E-state index in [4.69, 9.17) is 10.1 Å². The fourth-order valence-electron chi connectivity index (χ4n) is 5.86. The van der Waals surface area contributed by atoms with Crippen LogP contribution in [0.2, 0.25) is 0 Å². The summed E-state index contributed by atoms with van der Waals surface area (Å²) in [7, 11) is 1.98. The number of carbonyl (C=O) groups excluding carboxylic acids is 1. The Labute approximate surface area is 252 Å². The Hall–Kier alpha value is -4.50. The summed E-state index contributed by atoms with van der Waals surface area (Å²) in [5.74, 6) is 2.20. The number of fused-ring (bicyclic) bond motifs is 1. The van der Waals surface area contributed by atoms with Crippen molar-refractivity contribution in [3.63, 3.8) is 0 Å². The second-order valence-electron chi connectivity index (χ2n) is 12.4. The Kier molecular flexibility index (Phi) is 7.30. The zero-order valence-corrected chi connectivity index (χ0v) is 25.7. The topological polar surface area (TPSA) is 101 Å². The van der Waals surface area contributed by atoms with Crippen molar-refractivity contribution in [3.05, 3.63) is 89.0 Å². The second-order valence-corrected chi connectivity index (χ2v) is 12.4. The predicted molar refractivity (Wildman–Crippen MR) is 169 cm³/mol. The molecule has 1 saturated heterocycles. The average Bonchev–Trinajstić information content (AvgIpc) is 3.69. The van der Waals surface area contributed by atoms with Crippen LogP contribution in [0.4, 0.5) is 5.82 Å². The van der Waals surface area contributed by atoms with Gasteiger partial charge in [-0.25, -0.2) is 9.97 Å². The molecule has 43 heavy (non-hydrogen) atoms. The smallest absolute Gasteiger partial charge is 0.254 e. The molecular weight excluding hydrogens is 538 g/mol. The molecule has 6 rings (SSSR count). The number of carbonyl (C=O) groups is 1. The lowest BCUT2D eigenvalue weighted by Crippen LogP contribution is -2.29. The Balaban J connectivity index is 1.39. The van der Waals surface area contributed by atoms with Gasteiger partial charge in [0.1, 0.15) is 17.2 Å². The third-order valence-corrected chi connectivity index (χ3v) is 8.34. The summed E-state index contributed by atoms with van der Waals surface area (Å²) < 4.78 is 3.80. The molecule has 0 unspecified atom stereocenters. The number of anilines is 1. The highest BCUT2D eigenvalue weighted by Crippen LogP contribution is 2.33. The van der Waals surface area contributed by atoms with Crippen LogP contribution in [0.3, 0.4) is 0 Å². The number of benzene rings is 2. The highest BCUT2D eigenvalue weighted by molar-refractivity contribution is 5.98. The van der Waals surface area contributed by atoms with Gasteiger partial charge in [0.15, 0.2) is 5.65 Å². The fraction of sp³-hybridized carbons (Fsp3) is 0.353. The standard InChI is InChI=1S/C34H39N7O2/c1-21-12-14-40(20-21)33(42)27-17-25(11-10-22(27)2)30-23(3)38-41-29(18-28(34(4,5)43)37-32(30)41)36-19-24-8-7-9-26(16-24)31-35-13-15-39(31)6/h7-11,13,15-18,21,36,43H,12,14,19-20H2,1-6H3/t21-/m0/s1. The molecule has 9 nitrogen and oxygen atoms in total. The first kappa shape index (κ1) is 28.6. The number of imidazole rings is 1. The van der Waals surface area contributed by atoms with Crippen molar-refractivity contribution >= 4 is 17.4 Å². The van der Waals surface area contributed by atoms with Gasteiger partial charge in [0.2, 0.25) is 0 Å². The molecule has 0 radical (unpaired) electrons. The molecule has 5 aromatic rings. The van der Waals surface area contributed by atoms with Crippen molar-refractivity contribution in [2.24, 2.45) is 13.0 Å². The number of nitrogens with one attached hydrogen (secondary N) is 1. The molecule has 222 valence electrons. The zero-order valence-electron chi connectivity index (χ0n) is 25.7. The quantitative estimate of drug-likeness (QED) is 0.256. The van der Waals surface area contributed by atoms with Gasteiger partial charge in [-0.3, -0.25) is 4.79 Å². The van der Waals surface area contributed by atoms with E-state index in [1.54, 1.807) is 24.6 Å². The van der Waals surface area contributed by atoms with Gasteiger partial charge in [0, 0.05) is 61.8 Å². The van der Waals surface area contributed by atoms with Crippen LogP contribution >= 0.6 is 0 Å². The summed E-state index contributed by atoms with van der Waals surface area (Å²) in [5.41, 5.74) is 6.25. The normalized spacial score (nSPS) is 15.4. The molecule has 0 bridgehead atoms. The van der Waals surface area contributed by atoms with Crippen molar-refractivity contribution in [1.29, 1.82) is 0 Å². The van der Waals surface area contributed by atoms with Crippen LogP contribution in [0.5, 0.6) is 0 Å². The van der Waals surface area contributed by atoms with Gasteiger partial charge in [0.05, 0.1) is 11.4 Å². The molecule has 9 heteroatoms. The van der Waals surface area contributed by atoms with Gasteiger partial charge in [-0.15, -0.1) is 0 Å². The summed E-state index contributed by atoms with van der Waals surface area (Å²) in [6.45, 7) is 11.7. The molecule has 2 N–H and O–H groups in total. The van der Waals surface area contributed by atoms with Gasteiger partial charge in [-0.05, 0) is 68.9 Å². The fourth-order valence-corrected chi connectivity index (χ4v) is 5.86. The molecule has 1 atom stereocenters. The Morgan fingerprint density at radius 3 is 2.63 bits per heavy atom. The van der Waals surface area contributed by atoms with Crippen molar-refractivity contribution in [3.8, 4) is 22.5 Å². The molecule has 0 spiro atoms. The van der Waals surface area contributed by atoms with Gasteiger partial charge < -0.3 is 19.9 Å². The number of aromatic nitrogens is 5. The zero-order chi connectivity index (χ0) is 30.5. The van der Waals surface area contributed by atoms with Gasteiger partial charge >= 0.3 is 0 Å². The molecule has 0 aliphatic carbocycles. The van der Waals surface area contributed by atoms with E-state index in [0.29, 0.717) is 35.2 Å². The SMILES string of the molecule is Cc1ccc(-c2c(C)nn3c(NCc4cccc(-c5nccn5C)c4)cc(C(C)(C)O)nc23)cc1C(=O)N1CC[C@H](C)C1. The van der Waals surface area contributed by atoms with E-state index >= 15 is 0 Å². The number of hydrogen-bond acceptors (Lipinski definition) is 6. The molecule has 3 aromatic heterocycles. The molecular formula is C34H39N7O2. The lowest BCUT2D eigenvalue weighted by molar-refractivity contribution is 0.0740. The van der Waals surface area contributed by atoms with Crippen molar-refractivity contribution in [2.75, 3.05) is 18.4 Å². The van der Waals surface area contributed by atoms with E-state index in [1.165, 1.54) is 0 Å². The van der Waals surface area contributed by atoms with E-state index in [0.717, 1.165) is 58.8 Å². The third kappa shape index (κ3) is 5.52. The van der Waals surface area contributed by atoms with E-state index in [1.807, 2.05) is 66.9 Å². The van der Waals surface area contributed by atoms with Gasteiger partial charge in [-0.2, -0.15) is 9.61 Å². The van der Waals surface area contributed by atoms with Crippen LogP contribution in [0.25, 0.3) is 28.2 Å². The Bertz CT molecular complexity index is 1830. The molecule has 0 saturated carbocycles. The minimum Gasteiger partial charge on any atom is -0.384 e. The highest BCUT2D eigenvalue weighted by Gasteiger charge is 2.27. The van der Waals surface area contributed by atoms with E-state index in [2.05, 4.69) is 35.4 Å². The monoisotopic (exact) mass is 577 g/mol. The second kappa shape index (κ2) is 11.0. The first-order valence-electron chi connectivity index (χ1n) is 14.8. The van der Waals surface area contributed by atoms with E-state index in [9.17, 15) is 9.90 Å². The average molecular weight is 578 g/mol. The van der Waals surface area contributed by atoms with Gasteiger partial charge in [0.25, 0.3) is 5.91 Å². The van der Waals surface area contributed by atoms with Crippen molar-refractivity contribution < 1.29 is 9.90 Å². The maximum Gasteiger partial charge on any atom is 0.254 e. The van der Waals surface area contributed by atoms with Crippen molar-refractivity contribution in [2.45, 2.75) is 53.2 Å². The number of likely N-dealkylation sites (tertiary alicyclic amines) is 1. The third-order valence-electron chi connectivity index (χ3n) is 8.34. The van der Waals surface area contributed by atoms with E-state index < -0.39 is 5.60 Å².